The van der Waals surface area contributed by atoms with Crippen LogP contribution in [0.5, 0.6) is 0 Å². The summed E-state index contributed by atoms with van der Waals surface area (Å²) in [5, 5.41) is 13.0. The Labute approximate surface area is 100 Å². The normalized spacial score (nSPS) is 17.3. The summed E-state index contributed by atoms with van der Waals surface area (Å²) in [7, 11) is 0. The van der Waals surface area contributed by atoms with E-state index in [1.54, 1.807) is 11.3 Å². The largest absolute Gasteiger partial charge is 0.329 e. The molecule has 0 radical (unpaired) electrons. The van der Waals surface area contributed by atoms with E-state index in [2.05, 4.69) is 27.8 Å². The van der Waals surface area contributed by atoms with Gasteiger partial charge in [0.05, 0.1) is 6.07 Å². The lowest BCUT2D eigenvalue weighted by molar-refractivity contribution is 0.196. The summed E-state index contributed by atoms with van der Waals surface area (Å²) >= 11 is 1.71. The Hall–Kier alpha value is -0.890. The van der Waals surface area contributed by atoms with Gasteiger partial charge in [0.1, 0.15) is 0 Å². The number of thiophene rings is 1. The van der Waals surface area contributed by atoms with Gasteiger partial charge in [0.15, 0.2) is 0 Å². The fourth-order valence-corrected chi connectivity index (χ4v) is 2.81. The molecule has 0 aliphatic heterocycles. The maximum atomic E-state index is 8.70. The number of hydrogen-bond donors (Lipinski definition) is 1. The average molecular weight is 235 g/mol. The Morgan fingerprint density at radius 3 is 2.94 bits per heavy atom. The molecule has 0 saturated heterocycles. The van der Waals surface area contributed by atoms with E-state index in [4.69, 9.17) is 11.0 Å². The molecule has 4 heteroatoms. The molecule has 1 aliphatic rings. The standard InChI is InChI=1S/C12H17N3S/c13-5-1-6-15(11-2-3-11)12(8-14)10-4-7-16-9-10/h4,7,9,11-12H,1-3,6,8,14H2. The van der Waals surface area contributed by atoms with Crippen LogP contribution in [0.2, 0.25) is 0 Å². The van der Waals surface area contributed by atoms with Crippen LogP contribution in [0.25, 0.3) is 0 Å². The molecule has 1 heterocycles. The molecule has 86 valence electrons. The van der Waals surface area contributed by atoms with Crippen LogP contribution in [0.3, 0.4) is 0 Å². The van der Waals surface area contributed by atoms with Gasteiger partial charge in [-0.25, -0.2) is 0 Å². The molecule has 0 amide bonds. The Kier molecular flexibility index (Phi) is 3.94. The first kappa shape index (κ1) is 11.6. The van der Waals surface area contributed by atoms with Crippen molar-refractivity contribution in [2.45, 2.75) is 31.3 Å². The zero-order valence-electron chi connectivity index (χ0n) is 9.30. The highest BCUT2D eigenvalue weighted by atomic mass is 32.1. The van der Waals surface area contributed by atoms with Gasteiger partial charge >= 0.3 is 0 Å². The summed E-state index contributed by atoms with van der Waals surface area (Å²) in [6.45, 7) is 1.48. The zero-order chi connectivity index (χ0) is 11.4. The van der Waals surface area contributed by atoms with Crippen LogP contribution in [-0.4, -0.2) is 24.0 Å². The van der Waals surface area contributed by atoms with E-state index in [0.29, 0.717) is 25.0 Å². The number of hydrogen-bond acceptors (Lipinski definition) is 4. The summed E-state index contributed by atoms with van der Waals surface area (Å²) < 4.78 is 0. The highest BCUT2D eigenvalue weighted by Crippen LogP contribution is 2.34. The van der Waals surface area contributed by atoms with E-state index in [9.17, 15) is 0 Å². The maximum Gasteiger partial charge on any atom is 0.0635 e. The second kappa shape index (κ2) is 5.44. The van der Waals surface area contributed by atoms with Gasteiger partial charge in [0.25, 0.3) is 0 Å². The van der Waals surface area contributed by atoms with Crippen LogP contribution in [0.15, 0.2) is 16.8 Å². The van der Waals surface area contributed by atoms with Crippen molar-refractivity contribution in [3.63, 3.8) is 0 Å². The molecular formula is C12H17N3S. The predicted octanol–water partition coefficient (Wildman–Crippen LogP) is 2.13. The van der Waals surface area contributed by atoms with Gasteiger partial charge in [-0.1, -0.05) is 0 Å². The van der Waals surface area contributed by atoms with E-state index in [1.807, 2.05) is 0 Å². The van der Waals surface area contributed by atoms with Crippen molar-refractivity contribution in [2.75, 3.05) is 13.1 Å². The summed E-state index contributed by atoms with van der Waals surface area (Å²) in [6.07, 6.45) is 3.11. The first-order valence-corrected chi connectivity index (χ1v) is 6.66. The molecule has 16 heavy (non-hydrogen) atoms. The molecule has 1 unspecified atom stereocenters. The summed E-state index contributed by atoms with van der Waals surface area (Å²) in [4.78, 5) is 2.41. The molecule has 1 fully saturated rings. The van der Waals surface area contributed by atoms with Crippen molar-refractivity contribution >= 4 is 11.3 Å². The van der Waals surface area contributed by atoms with Gasteiger partial charge in [0.2, 0.25) is 0 Å². The van der Waals surface area contributed by atoms with Crippen LogP contribution in [0.4, 0.5) is 0 Å². The lowest BCUT2D eigenvalue weighted by Gasteiger charge is -2.29. The fraction of sp³-hybridized carbons (Fsp3) is 0.583. The molecule has 1 aromatic rings. The molecular weight excluding hydrogens is 218 g/mol. The summed E-state index contributed by atoms with van der Waals surface area (Å²) in [6, 6.07) is 5.32. The van der Waals surface area contributed by atoms with Crippen molar-refractivity contribution in [2.24, 2.45) is 5.73 Å². The number of nitrogens with zero attached hydrogens (tertiary/aromatic N) is 2. The molecule has 1 aliphatic carbocycles. The van der Waals surface area contributed by atoms with Crippen molar-refractivity contribution in [3.8, 4) is 6.07 Å². The molecule has 0 spiro atoms. The van der Waals surface area contributed by atoms with Gasteiger partial charge in [-0.2, -0.15) is 16.6 Å². The molecule has 2 N–H and O–H groups in total. The minimum Gasteiger partial charge on any atom is -0.329 e. The van der Waals surface area contributed by atoms with Crippen molar-refractivity contribution in [1.29, 1.82) is 5.26 Å². The number of nitrogens with two attached hydrogens (primary N) is 1. The fourth-order valence-electron chi connectivity index (χ4n) is 2.11. The topological polar surface area (TPSA) is 53.0 Å². The molecule has 3 nitrogen and oxygen atoms in total. The molecule has 0 bridgehead atoms. The Bertz CT molecular complexity index is 351. The molecule has 2 rings (SSSR count). The lowest BCUT2D eigenvalue weighted by atomic mass is 10.1. The zero-order valence-corrected chi connectivity index (χ0v) is 10.1. The monoisotopic (exact) mass is 235 g/mol. The second-order valence-electron chi connectivity index (χ2n) is 4.19. The van der Waals surface area contributed by atoms with Crippen LogP contribution in [0, 0.1) is 11.3 Å². The summed E-state index contributed by atoms with van der Waals surface area (Å²) in [5.74, 6) is 0. The van der Waals surface area contributed by atoms with Gasteiger partial charge < -0.3 is 5.73 Å². The van der Waals surface area contributed by atoms with Gasteiger partial charge in [0, 0.05) is 31.6 Å². The van der Waals surface area contributed by atoms with E-state index in [-0.39, 0.29) is 0 Å². The third-order valence-electron chi connectivity index (χ3n) is 3.05. The van der Waals surface area contributed by atoms with E-state index >= 15 is 0 Å². The predicted molar refractivity (Wildman–Crippen MR) is 66.1 cm³/mol. The lowest BCUT2D eigenvalue weighted by Crippen LogP contribution is -2.36. The van der Waals surface area contributed by atoms with Crippen molar-refractivity contribution < 1.29 is 0 Å². The minimum absolute atomic E-state index is 0.298. The quantitative estimate of drug-likeness (QED) is 0.821. The van der Waals surface area contributed by atoms with Crippen LogP contribution in [0.1, 0.15) is 30.9 Å². The average Bonchev–Trinajstić information content (AvgIpc) is 3.00. The molecule has 1 atom stereocenters. The van der Waals surface area contributed by atoms with Gasteiger partial charge in [-0.3, -0.25) is 4.90 Å². The Morgan fingerprint density at radius 2 is 2.44 bits per heavy atom. The number of rotatable bonds is 6. The van der Waals surface area contributed by atoms with E-state index < -0.39 is 0 Å². The Balaban J connectivity index is 2.07. The smallest absolute Gasteiger partial charge is 0.0635 e. The third-order valence-corrected chi connectivity index (χ3v) is 3.75. The first-order chi connectivity index (χ1) is 7.86. The first-order valence-electron chi connectivity index (χ1n) is 5.71. The van der Waals surface area contributed by atoms with Crippen LogP contribution in [-0.2, 0) is 0 Å². The highest BCUT2D eigenvalue weighted by Gasteiger charge is 2.33. The highest BCUT2D eigenvalue weighted by molar-refractivity contribution is 7.07. The SMILES string of the molecule is N#CCCN(C1CC1)C(CN)c1ccsc1. The van der Waals surface area contributed by atoms with Gasteiger partial charge in [-0.15, -0.1) is 0 Å². The summed E-state index contributed by atoms with van der Waals surface area (Å²) in [5.41, 5.74) is 7.19. The molecule has 1 saturated carbocycles. The van der Waals surface area contributed by atoms with E-state index in [1.165, 1.54) is 18.4 Å². The van der Waals surface area contributed by atoms with Crippen molar-refractivity contribution in [3.05, 3.63) is 22.4 Å². The van der Waals surface area contributed by atoms with Crippen LogP contribution >= 0.6 is 11.3 Å². The molecule has 1 aromatic heterocycles. The van der Waals surface area contributed by atoms with Gasteiger partial charge in [-0.05, 0) is 35.2 Å². The minimum atomic E-state index is 0.298. The maximum absolute atomic E-state index is 8.70. The Morgan fingerprint density at radius 1 is 1.62 bits per heavy atom. The van der Waals surface area contributed by atoms with Crippen molar-refractivity contribution in [1.82, 2.24) is 4.90 Å². The van der Waals surface area contributed by atoms with E-state index in [0.717, 1.165) is 6.54 Å². The molecule has 0 aromatic carbocycles. The third kappa shape index (κ3) is 2.62. The number of nitriles is 1. The second-order valence-corrected chi connectivity index (χ2v) is 4.97. The van der Waals surface area contributed by atoms with Crippen LogP contribution < -0.4 is 5.73 Å².